The molecule has 0 spiro atoms. The van der Waals surface area contributed by atoms with Crippen molar-refractivity contribution in [2.75, 3.05) is 6.61 Å². The normalized spacial score (nSPS) is 10.7. The number of benzene rings is 2. The molecule has 0 bridgehead atoms. The molecule has 0 fully saturated rings. The van der Waals surface area contributed by atoms with E-state index >= 15 is 0 Å². The molecule has 124 valence electrons. The molecule has 24 heavy (non-hydrogen) atoms. The molecule has 2 rings (SSSR count). The van der Waals surface area contributed by atoms with E-state index in [0.29, 0.717) is 12.2 Å². The SMILES string of the molecule is CCCCOc1ccc(C(=O)/C=C/c2ccc([N+](=O)[O-])cc2)cc1. The fourth-order valence-corrected chi connectivity index (χ4v) is 2.03. The summed E-state index contributed by atoms with van der Waals surface area (Å²) in [6, 6.07) is 13.0. The Morgan fingerprint density at radius 2 is 1.79 bits per heavy atom. The number of ether oxygens (including phenoxy) is 1. The third-order valence-corrected chi connectivity index (χ3v) is 3.44. The Bertz CT molecular complexity index is 718. The van der Waals surface area contributed by atoms with Gasteiger partial charge in [0.05, 0.1) is 11.5 Å². The molecule has 2 aromatic carbocycles. The van der Waals surface area contributed by atoms with E-state index in [1.165, 1.54) is 18.2 Å². The lowest BCUT2D eigenvalue weighted by Gasteiger charge is -2.05. The van der Waals surface area contributed by atoms with Crippen LogP contribution in [-0.4, -0.2) is 17.3 Å². The molecule has 0 aromatic heterocycles. The van der Waals surface area contributed by atoms with E-state index in [0.717, 1.165) is 24.2 Å². The molecule has 0 aliphatic carbocycles. The second-order valence-electron chi connectivity index (χ2n) is 5.27. The number of nitrogens with zero attached hydrogens (tertiary/aromatic N) is 1. The number of nitro benzene ring substituents is 1. The molecule has 0 amide bonds. The van der Waals surface area contributed by atoms with Crippen LogP contribution in [0.25, 0.3) is 6.08 Å². The lowest BCUT2D eigenvalue weighted by atomic mass is 10.1. The molecule has 0 N–H and O–H groups in total. The summed E-state index contributed by atoms with van der Waals surface area (Å²) in [6.45, 7) is 2.77. The fourth-order valence-electron chi connectivity index (χ4n) is 2.03. The second kappa shape index (κ2) is 8.62. The Hall–Kier alpha value is -2.95. The van der Waals surface area contributed by atoms with Gasteiger partial charge < -0.3 is 4.74 Å². The van der Waals surface area contributed by atoms with Gasteiger partial charge in [0.1, 0.15) is 5.75 Å². The van der Waals surface area contributed by atoms with Gasteiger partial charge >= 0.3 is 0 Å². The van der Waals surface area contributed by atoms with Crippen LogP contribution in [0.1, 0.15) is 35.7 Å². The van der Waals surface area contributed by atoms with Crippen LogP contribution in [0, 0.1) is 10.1 Å². The van der Waals surface area contributed by atoms with E-state index < -0.39 is 4.92 Å². The Balaban J connectivity index is 1.97. The van der Waals surface area contributed by atoms with Crippen LogP contribution in [0.2, 0.25) is 0 Å². The average molecular weight is 325 g/mol. The number of hydrogen-bond donors (Lipinski definition) is 0. The first kappa shape index (κ1) is 17.4. The summed E-state index contributed by atoms with van der Waals surface area (Å²) in [5.74, 6) is 0.618. The molecule has 0 aliphatic rings. The number of allylic oxidation sites excluding steroid dienone is 1. The van der Waals surface area contributed by atoms with Gasteiger partial charge in [0.25, 0.3) is 5.69 Å². The van der Waals surface area contributed by atoms with Crippen molar-refractivity contribution >= 4 is 17.5 Å². The standard InChI is InChI=1S/C19H19NO4/c1-2-3-14-24-18-11-7-16(8-12-18)19(21)13-6-15-4-9-17(10-5-15)20(22)23/h4-13H,2-3,14H2,1H3/b13-6+. The van der Waals surface area contributed by atoms with E-state index in [-0.39, 0.29) is 11.5 Å². The van der Waals surface area contributed by atoms with Crippen molar-refractivity contribution in [1.82, 2.24) is 0 Å². The van der Waals surface area contributed by atoms with Crippen LogP contribution in [0.15, 0.2) is 54.6 Å². The highest BCUT2D eigenvalue weighted by atomic mass is 16.6. The zero-order valence-electron chi connectivity index (χ0n) is 13.5. The number of unbranched alkanes of at least 4 members (excludes halogenated alkanes) is 1. The van der Waals surface area contributed by atoms with Crippen LogP contribution in [0.3, 0.4) is 0 Å². The van der Waals surface area contributed by atoms with Crippen LogP contribution < -0.4 is 4.74 Å². The number of carbonyl (C=O) groups excluding carboxylic acids is 1. The molecule has 2 aromatic rings. The molecule has 0 unspecified atom stereocenters. The Morgan fingerprint density at radius 1 is 1.12 bits per heavy atom. The molecule has 0 saturated heterocycles. The first-order chi connectivity index (χ1) is 11.6. The third-order valence-electron chi connectivity index (χ3n) is 3.44. The molecule has 0 aliphatic heterocycles. The number of carbonyl (C=O) groups is 1. The van der Waals surface area contributed by atoms with E-state index in [2.05, 4.69) is 6.92 Å². The zero-order chi connectivity index (χ0) is 17.4. The van der Waals surface area contributed by atoms with Gasteiger partial charge in [0, 0.05) is 17.7 Å². The van der Waals surface area contributed by atoms with Crippen LogP contribution in [0.4, 0.5) is 5.69 Å². The topological polar surface area (TPSA) is 69.4 Å². The minimum absolute atomic E-state index is 0.0251. The molecular formula is C19H19NO4. The summed E-state index contributed by atoms with van der Waals surface area (Å²) >= 11 is 0. The van der Waals surface area contributed by atoms with E-state index in [4.69, 9.17) is 4.74 Å². The highest BCUT2D eigenvalue weighted by molar-refractivity contribution is 6.06. The lowest BCUT2D eigenvalue weighted by Crippen LogP contribution is -1.98. The zero-order valence-corrected chi connectivity index (χ0v) is 13.5. The maximum Gasteiger partial charge on any atom is 0.269 e. The summed E-state index contributed by atoms with van der Waals surface area (Å²) in [6.07, 6.45) is 5.16. The molecule has 0 heterocycles. The van der Waals surface area contributed by atoms with Gasteiger partial charge in [-0.05, 0) is 54.5 Å². The number of rotatable bonds is 8. The van der Waals surface area contributed by atoms with Gasteiger partial charge in [-0.3, -0.25) is 14.9 Å². The van der Waals surface area contributed by atoms with E-state index in [1.807, 2.05) is 0 Å². The number of non-ortho nitro benzene ring substituents is 1. The molecule has 5 heteroatoms. The van der Waals surface area contributed by atoms with Crippen molar-refractivity contribution in [3.63, 3.8) is 0 Å². The predicted octanol–water partition coefficient (Wildman–Crippen LogP) is 4.67. The first-order valence-electron chi connectivity index (χ1n) is 7.80. The fraction of sp³-hybridized carbons (Fsp3) is 0.211. The van der Waals surface area contributed by atoms with Crippen LogP contribution >= 0.6 is 0 Å². The molecule has 0 atom stereocenters. The van der Waals surface area contributed by atoms with Crippen molar-refractivity contribution < 1.29 is 14.5 Å². The highest BCUT2D eigenvalue weighted by Gasteiger charge is 2.04. The van der Waals surface area contributed by atoms with Gasteiger partial charge in [-0.1, -0.05) is 19.4 Å². The summed E-state index contributed by atoms with van der Waals surface area (Å²) in [5, 5.41) is 10.6. The van der Waals surface area contributed by atoms with Crippen molar-refractivity contribution in [3.05, 3.63) is 75.8 Å². The summed E-state index contributed by atoms with van der Waals surface area (Å²) < 4.78 is 5.56. The summed E-state index contributed by atoms with van der Waals surface area (Å²) in [5.41, 5.74) is 1.32. The van der Waals surface area contributed by atoms with Crippen molar-refractivity contribution in [2.24, 2.45) is 0 Å². The third kappa shape index (κ3) is 5.05. The minimum Gasteiger partial charge on any atom is -0.494 e. The van der Waals surface area contributed by atoms with Crippen LogP contribution in [0.5, 0.6) is 5.75 Å². The average Bonchev–Trinajstić information content (AvgIpc) is 2.61. The van der Waals surface area contributed by atoms with Crippen molar-refractivity contribution in [1.29, 1.82) is 0 Å². The van der Waals surface area contributed by atoms with Crippen molar-refractivity contribution in [3.8, 4) is 5.75 Å². The smallest absolute Gasteiger partial charge is 0.269 e. The first-order valence-corrected chi connectivity index (χ1v) is 7.80. The van der Waals surface area contributed by atoms with Gasteiger partial charge in [-0.25, -0.2) is 0 Å². The van der Waals surface area contributed by atoms with Crippen molar-refractivity contribution in [2.45, 2.75) is 19.8 Å². The van der Waals surface area contributed by atoms with Crippen LogP contribution in [-0.2, 0) is 0 Å². The maximum atomic E-state index is 12.1. The van der Waals surface area contributed by atoms with Gasteiger partial charge in [-0.2, -0.15) is 0 Å². The number of hydrogen-bond acceptors (Lipinski definition) is 4. The predicted molar refractivity (Wildman–Crippen MR) is 93.3 cm³/mol. The minimum atomic E-state index is -0.456. The second-order valence-corrected chi connectivity index (χ2v) is 5.27. The van der Waals surface area contributed by atoms with E-state index in [9.17, 15) is 14.9 Å². The highest BCUT2D eigenvalue weighted by Crippen LogP contribution is 2.15. The number of nitro groups is 1. The summed E-state index contributed by atoms with van der Waals surface area (Å²) in [4.78, 5) is 22.3. The van der Waals surface area contributed by atoms with Gasteiger partial charge in [-0.15, -0.1) is 0 Å². The van der Waals surface area contributed by atoms with Gasteiger partial charge in [0.15, 0.2) is 5.78 Å². The molecule has 0 radical (unpaired) electrons. The Morgan fingerprint density at radius 3 is 2.38 bits per heavy atom. The largest absolute Gasteiger partial charge is 0.494 e. The molecular weight excluding hydrogens is 306 g/mol. The lowest BCUT2D eigenvalue weighted by molar-refractivity contribution is -0.384. The summed E-state index contributed by atoms with van der Waals surface area (Å²) in [7, 11) is 0. The Labute approximate surface area is 140 Å². The monoisotopic (exact) mass is 325 g/mol. The molecule has 5 nitrogen and oxygen atoms in total. The van der Waals surface area contributed by atoms with Gasteiger partial charge in [0.2, 0.25) is 0 Å². The van der Waals surface area contributed by atoms with E-state index in [1.54, 1.807) is 42.5 Å². The number of ketones is 1. The molecule has 0 saturated carbocycles. The maximum absolute atomic E-state index is 12.1. The quantitative estimate of drug-likeness (QED) is 0.232. The Kier molecular flexibility index (Phi) is 6.25.